The maximum atomic E-state index is 12.1. The number of guanidine groups is 1. The lowest BCUT2D eigenvalue weighted by atomic mass is 9.84. The zero-order valence-corrected chi connectivity index (χ0v) is 18.2. The van der Waals surface area contributed by atoms with Crippen molar-refractivity contribution in [2.45, 2.75) is 39.5 Å². The fraction of sp³-hybridized carbons (Fsp3) is 0.476. The highest BCUT2D eigenvalue weighted by Crippen LogP contribution is 2.22. The molecule has 0 aliphatic carbocycles. The van der Waals surface area contributed by atoms with E-state index in [2.05, 4.69) is 71.0 Å². The van der Waals surface area contributed by atoms with Crippen LogP contribution in [-0.2, 0) is 11.8 Å². The smallest absolute Gasteiger partial charge is 0.263 e. The molecule has 0 radical (unpaired) electrons. The second kappa shape index (κ2) is 10.2. The topological polar surface area (TPSA) is 78.4 Å². The summed E-state index contributed by atoms with van der Waals surface area (Å²) < 4.78 is 0. The van der Waals surface area contributed by atoms with Crippen molar-refractivity contribution in [2.75, 3.05) is 26.7 Å². The Hall–Kier alpha value is -2.41. The van der Waals surface area contributed by atoms with Gasteiger partial charge < -0.3 is 16.0 Å². The van der Waals surface area contributed by atoms with Crippen LogP contribution in [0.4, 0.5) is 0 Å². The number of hydrogen-bond donors (Lipinski definition) is 3. The Balaban J connectivity index is 1.77. The summed E-state index contributed by atoms with van der Waals surface area (Å²) in [5.41, 5.74) is 5.07. The lowest BCUT2D eigenvalue weighted by Crippen LogP contribution is -2.45. The fourth-order valence-corrected chi connectivity index (χ4v) is 3.49. The summed E-state index contributed by atoms with van der Waals surface area (Å²) in [5, 5.41) is 9.52. The second-order valence-corrected chi connectivity index (χ2v) is 8.16. The minimum Gasteiger partial charge on any atom is -0.356 e. The first-order valence-corrected chi connectivity index (χ1v) is 10.5. The van der Waals surface area contributed by atoms with Gasteiger partial charge in [-0.25, -0.2) is 4.98 Å². The van der Waals surface area contributed by atoms with Crippen LogP contribution in [0, 0.1) is 6.92 Å². The maximum Gasteiger partial charge on any atom is 0.263 e. The van der Waals surface area contributed by atoms with Gasteiger partial charge >= 0.3 is 0 Å². The summed E-state index contributed by atoms with van der Waals surface area (Å²) in [6.07, 6.45) is 1.05. The summed E-state index contributed by atoms with van der Waals surface area (Å²) >= 11 is 1.36. The van der Waals surface area contributed by atoms with Crippen molar-refractivity contribution < 1.29 is 4.79 Å². The number of thiazole rings is 1. The number of amides is 1. The molecule has 7 heteroatoms. The summed E-state index contributed by atoms with van der Waals surface area (Å²) in [5.74, 6) is 0.642. The van der Waals surface area contributed by atoms with Gasteiger partial charge in [-0.1, -0.05) is 45.0 Å². The quantitative estimate of drug-likeness (QED) is 0.361. The molecule has 152 valence electrons. The summed E-state index contributed by atoms with van der Waals surface area (Å²) in [4.78, 5) is 21.1. The Kier molecular flexibility index (Phi) is 7.99. The van der Waals surface area contributed by atoms with Crippen molar-refractivity contribution in [3.05, 3.63) is 51.5 Å². The molecule has 3 N–H and O–H groups in total. The van der Waals surface area contributed by atoms with Crippen molar-refractivity contribution in [3.8, 4) is 0 Å². The normalized spacial score (nSPS) is 12.0. The molecule has 0 bridgehead atoms. The molecule has 0 spiro atoms. The van der Waals surface area contributed by atoms with Crippen LogP contribution in [0.3, 0.4) is 0 Å². The molecule has 1 aromatic heterocycles. The minimum absolute atomic E-state index is 0.0260. The number of carbonyl (C=O) groups is 1. The molecule has 1 aromatic carbocycles. The van der Waals surface area contributed by atoms with Gasteiger partial charge in [0.1, 0.15) is 4.88 Å². The lowest BCUT2D eigenvalue weighted by Gasteiger charge is -2.27. The Labute approximate surface area is 171 Å². The molecule has 2 aromatic rings. The first-order valence-electron chi connectivity index (χ1n) is 9.59. The molecule has 0 saturated carbocycles. The number of hydrogen-bond acceptors (Lipinski definition) is 4. The van der Waals surface area contributed by atoms with E-state index in [1.165, 1.54) is 22.5 Å². The van der Waals surface area contributed by atoms with Crippen LogP contribution in [0.5, 0.6) is 0 Å². The third kappa shape index (κ3) is 6.05. The van der Waals surface area contributed by atoms with Gasteiger partial charge in [0, 0.05) is 32.1 Å². The molecule has 0 saturated heterocycles. The predicted molar refractivity (Wildman–Crippen MR) is 117 cm³/mol. The molecule has 0 atom stereocenters. The van der Waals surface area contributed by atoms with Crippen molar-refractivity contribution >= 4 is 23.2 Å². The summed E-state index contributed by atoms with van der Waals surface area (Å²) in [6, 6.07) is 8.79. The number of carbonyl (C=O) groups excluding carboxylic acids is 1. The van der Waals surface area contributed by atoms with E-state index in [4.69, 9.17) is 0 Å². The fourth-order valence-electron chi connectivity index (χ4n) is 2.78. The molecular weight excluding hydrogens is 370 g/mol. The highest BCUT2D eigenvalue weighted by Gasteiger charge is 2.20. The number of rotatable bonds is 8. The zero-order valence-electron chi connectivity index (χ0n) is 17.4. The third-order valence-electron chi connectivity index (χ3n) is 4.72. The SMILES string of the molecule is CCc1ccc(C(C)(C)CNC(=NC)NCCNC(=O)c2scnc2C)cc1. The number of aromatic nitrogens is 1. The number of nitrogens with zero attached hydrogens (tertiary/aromatic N) is 2. The number of benzene rings is 1. The Morgan fingerprint density at radius 2 is 1.82 bits per heavy atom. The van der Waals surface area contributed by atoms with Crippen molar-refractivity contribution in [1.29, 1.82) is 0 Å². The van der Waals surface area contributed by atoms with Crippen LogP contribution in [0.2, 0.25) is 0 Å². The Morgan fingerprint density at radius 3 is 2.39 bits per heavy atom. The van der Waals surface area contributed by atoms with E-state index in [9.17, 15) is 4.79 Å². The molecule has 0 fully saturated rings. The molecule has 6 nitrogen and oxygen atoms in total. The summed E-state index contributed by atoms with van der Waals surface area (Å²) in [6.45, 7) is 10.3. The molecule has 0 aliphatic heterocycles. The second-order valence-electron chi connectivity index (χ2n) is 7.31. The molecule has 2 rings (SSSR count). The average molecular weight is 402 g/mol. The van der Waals surface area contributed by atoms with Gasteiger partial charge in [0.25, 0.3) is 5.91 Å². The largest absolute Gasteiger partial charge is 0.356 e. The first kappa shape index (κ1) is 21.9. The average Bonchev–Trinajstić information content (AvgIpc) is 3.13. The first-order chi connectivity index (χ1) is 13.4. The highest BCUT2D eigenvalue weighted by molar-refractivity contribution is 7.11. The number of nitrogens with one attached hydrogen (secondary N) is 3. The Bertz CT molecular complexity index is 795. The van der Waals surface area contributed by atoms with Crippen LogP contribution in [0.15, 0.2) is 34.8 Å². The predicted octanol–water partition coefficient (Wildman–Crippen LogP) is 2.89. The van der Waals surface area contributed by atoms with Gasteiger partial charge in [-0.2, -0.15) is 0 Å². The van der Waals surface area contributed by atoms with Crippen molar-refractivity contribution in [1.82, 2.24) is 20.9 Å². The van der Waals surface area contributed by atoms with E-state index in [1.54, 1.807) is 12.6 Å². The van der Waals surface area contributed by atoms with Crippen LogP contribution >= 0.6 is 11.3 Å². The van der Waals surface area contributed by atoms with E-state index < -0.39 is 0 Å². The third-order valence-corrected chi connectivity index (χ3v) is 5.65. The van der Waals surface area contributed by atoms with E-state index in [0.717, 1.165) is 24.6 Å². The van der Waals surface area contributed by atoms with Gasteiger partial charge in [0.15, 0.2) is 5.96 Å². The van der Waals surface area contributed by atoms with Crippen LogP contribution in [0.1, 0.15) is 47.3 Å². The standard InChI is InChI=1S/C21H31N5OS/c1-6-16-7-9-17(10-8-16)21(3,4)13-25-20(22-5)24-12-11-23-19(27)18-15(2)26-14-28-18/h7-10,14H,6,11-13H2,1-5H3,(H,23,27)(H2,22,24,25). The minimum atomic E-state index is -0.0820. The van der Waals surface area contributed by atoms with Crippen LogP contribution in [0.25, 0.3) is 0 Å². The molecule has 28 heavy (non-hydrogen) atoms. The lowest BCUT2D eigenvalue weighted by molar-refractivity contribution is 0.0957. The molecule has 1 amide bonds. The van der Waals surface area contributed by atoms with E-state index in [1.807, 2.05) is 6.92 Å². The molecule has 0 unspecified atom stereocenters. The number of aryl methyl sites for hydroxylation is 2. The number of aliphatic imine (C=N–C) groups is 1. The zero-order chi connectivity index (χ0) is 20.6. The summed E-state index contributed by atoms with van der Waals surface area (Å²) in [7, 11) is 1.75. The van der Waals surface area contributed by atoms with Gasteiger partial charge in [-0.15, -0.1) is 11.3 Å². The molecule has 1 heterocycles. The van der Waals surface area contributed by atoms with Gasteiger partial charge in [-0.3, -0.25) is 9.79 Å². The molecule has 0 aliphatic rings. The van der Waals surface area contributed by atoms with Crippen LogP contribution in [-0.4, -0.2) is 43.5 Å². The molecular formula is C21H31N5OS. The van der Waals surface area contributed by atoms with Gasteiger partial charge in [-0.05, 0) is 24.5 Å². The van der Waals surface area contributed by atoms with E-state index in [-0.39, 0.29) is 11.3 Å². The Morgan fingerprint density at radius 1 is 1.14 bits per heavy atom. The van der Waals surface area contributed by atoms with Crippen molar-refractivity contribution in [2.24, 2.45) is 4.99 Å². The van der Waals surface area contributed by atoms with Gasteiger partial charge in [0.2, 0.25) is 0 Å². The van der Waals surface area contributed by atoms with Crippen LogP contribution < -0.4 is 16.0 Å². The highest BCUT2D eigenvalue weighted by atomic mass is 32.1. The maximum absolute atomic E-state index is 12.1. The van der Waals surface area contributed by atoms with Gasteiger partial charge in [0.05, 0.1) is 11.2 Å². The monoisotopic (exact) mass is 401 g/mol. The van der Waals surface area contributed by atoms with E-state index >= 15 is 0 Å². The van der Waals surface area contributed by atoms with E-state index in [0.29, 0.717) is 18.0 Å². The van der Waals surface area contributed by atoms with Crippen molar-refractivity contribution in [3.63, 3.8) is 0 Å².